The summed E-state index contributed by atoms with van der Waals surface area (Å²) in [6.07, 6.45) is 3.45. The fourth-order valence-electron chi connectivity index (χ4n) is 3.64. The maximum atomic E-state index is 12.7. The number of hydrogen-bond donors (Lipinski definition) is 2. The number of para-hydroxylation sites is 1. The Morgan fingerprint density at radius 1 is 1.24 bits per heavy atom. The largest absolute Gasteiger partial charge is 0.379 e. The second-order valence-electron chi connectivity index (χ2n) is 7.89. The molecule has 2 aromatic heterocycles. The van der Waals surface area contributed by atoms with Crippen molar-refractivity contribution in [2.24, 2.45) is 0 Å². The van der Waals surface area contributed by atoms with E-state index in [1.54, 1.807) is 12.3 Å². The van der Waals surface area contributed by atoms with Gasteiger partial charge in [-0.2, -0.15) is 0 Å². The van der Waals surface area contributed by atoms with E-state index in [0.29, 0.717) is 32.4 Å². The molecule has 0 saturated carbocycles. The molecule has 1 fully saturated rings. The van der Waals surface area contributed by atoms with E-state index in [1.165, 1.54) is 11.3 Å². The molecule has 1 aliphatic heterocycles. The number of amides is 1. The Morgan fingerprint density at radius 2 is 2.06 bits per heavy atom. The van der Waals surface area contributed by atoms with Crippen molar-refractivity contribution in [3.8, 4) is 0 Å². The van der Waals surface area contributed by atoms with Crippen molar-refractivity contribution in [3.05, 3.63) is 57.4 Å². The zero-order chi connectivity index (χ0) is 23.2. The van der Waals surface area contributed by atoms with Crippen LogP contribution in [0, 0.1) is 13.8 Å². The second-order valence-corrected chi connectivity index (χ2v) is 9.33. The van der Waals surface area contributed by atoms with E-state index >= 15 is 0 Å². The third-order valence-electron chi connectivity index (χ3n) is 5.33. The normalized spacial score (nSPS) is 14.3. The molecule has 174 valence electrons. The summed E-state index contributed by atoms with van der Waals surface area (Å²) < 4.78 is 5.40. The molecule has 3 heterocycles. The third-order valence-corrected chi connectivity index (χ3v) is 6.55. The fourth-order valence-corrected chi connectivity index (χ4v) is 4.63. The number of thiazole rings is 1. The van der Waals surface area contributed by atoms with E-state index < -0.39 is 0 Å². The van der Waals surface area contributed by atoms with Crippen molar-refractivity contribution >= 4 is 45.5 Å². The van der Waals surface area contributed by atoms with Crippen LogP contribution in [0.15, 0.2) is 30.5 Å². The minimum atomic E-state index is -0.251. The van der Waals surface area contributed by atoms with Crippen molar-refractivity contribution in [2.45, 2.75) is 26.7 Å². The molecule has 1 aromatic carbocycles. The Bertz CT molecular complexity index is 1100. The van der Waals surface area contributed by atoms with Crippen molar-refractivity contribution in [1.82, 2.24) is 19.9 Å². The number of nitrogens with zero attached hydrogens (tertiary/aromatic N) is 4. The number of carbonyl (C=O) groups is 1. The number of hydrogen-bond acceptors (Lipinski definition) is 8. The minimum absolute atomic E-state index is 0.251. The van der Waals surface area contributed by atoms with Crippen LogP contribution in [0.1, 0.15) is 33.2 Å². The van der Waals surface area contributed by atoms with Crippen molar-refractivity contribution < 1.29 is 9.53 Å². The Labute approximate surface area is 202 Å². The molecule has 2 N–H and O–H groups in total. The summed E-state index contributed by atoms with van der Waals surface area (Å²) in [5.41, 5.74) is 2.50. The molecule has 1 aliphatic rings. The molecule has 0 aliphatic carbocycles. The van der Waals surface area contributed by atoms with Gasteiger partial charge < -0.3 is 15.4 Å². The number of benzene rings is 1. The Kier molecular flexibility index (Phi) is 7.87. The van der Waals surface area contributed by atoms with Gasteiger partial charge in [-0.1, -0.05) is 35.1 Å². The number of aryl methyl sites for hydroxylation is 3. The molecule has 1 saturated heterocycles. The van der Waals surface area contributed by atoms with E-state index in [1.807, 2.05) is 32.0 Å². The zero-order valence-corrected chi connectivity index (χ0v) is 20.3. The SMILES string of the molecule is Cc1nc(CCCN2CCOCC2)cc(Nc2ncc(C(=O)Nc3c(C)cccc3Cl)s2)n1. The lowest BCUT2D eigenvalue weighted by Gasteiger charge is -2.26. The monoisotopic (exact) mass is 486 g/mol. The standard InChI is InChI=1S/C23H27ClN6O2S/c1-15-5-3-7-18(24)21(15)29-22(31)19-14-25-23(33-19)28-20-13-17(26-16(2)27-20)6-4-8-30-9-11-32-12-10-30/h3,5,7,13-14H,4,6,8-12H2,1-2H3,(H,29,31)(H,25,26,27,28). The van der Waals surface area contributed by atoms with Gasteiger partial charge in [0.1, 0.15) is 16.5 Å². The summed E-state index contributed by atoms with van der Waals surface area (Å²) >= 11 is 7.48. The number of ether oxygens (including phenoxy) is 1. The molecular weight excluding hydrogens is 460 g/mol. The molecule has 8 nitrogen and oxygen atoms in total. The molecular formula is C23H27ClN6O2S. The van der Waals surface area contributed by atoms with Gasteiger partial charge in [-0.3, -0.25) is 9.69 Å². The van der Waals surface area contributed by atoms with Crippen LogP contribution in [-0.4, -0.2) is 58.6 Å². The smallest absolute Gasteiger partial charge is 0.267 e. The van der Waals surface area contributed by atoms with Crippen LogP contribution in [0.4, 0.5) is 16.6 Å². The molecule has 33 heavy (non-hydrogen) atoms. The Balaban J connectivity index is 1.36. The predicted molar refractivity (Wildman–Crippen MR) is 132 cm³/mol. The van der Waals surface area contributed by atoms with Crippen LogP contribution in [0.2, 0.25) is 5.02 Å². The van der Waals surface area contributed by atoms with E-state index in [0.717, 1.165) is 56.9 Å². The van der Waals surface area contributed by atoms with Gasteiger partial charge in [0.25, 0.3) is 5.91 Å². The van der Waals surface area contributed by atoms with Crippen LogP contribution in [-0.2, 0) is 11.2 Å². The van der Waals surface area contributed by atoms with E-state index in [2.05, 4.69) is 30.5 Å². The van der Waals surface area contributed by atoms with Crippen molar-refractivity contribution in [2.75, 3.05) is 43.5 Å². The molecule has 0 radical (unpaired) electrons. The highest BCUT2D eigenvalue weighted by Crippen LogP contribution is 2.28. The second kappa shape index (κ2) is 11.0. The predicted octanol–water partition coefficient (Wildman–Crippen LogP) is 4.46. The van der Waals surface area contributed by atoms with Gasteiger partial charge in [-0.15, -0.1) is 0 Å². The van der Waals surface area contributed by atoms with Crippen molar-refractivity contribution in [3.63, 3.8) is 0 Å². The molecule has 0 unspecified atom stereocenters. The van der Waals surface area contributed by atoms with E-state index in [4.69, 9.17) is 16.3 Å². The molecule has 0 bridgehead atoms. The average molecular weight is 487 g/mol. The summed E-state index contributed by atoms with van der Waals surface area (Å²) in [4.78, 5) is 29.0. The Morgan fingerprint density at radius 3 is 2.85 bits per heavy atom. The average Bonchev–Trinajstić information content (AvgIpc) is 3.25. The van der Waals surface area contributed by atoms with Crippen LogP contribution < -0.4 is 10.6 Å². The third kappa shape index (κ3) is 6.48. The van der Waals surface area contributed by atoms with E-state index in [9.17, 15) is 4.79 Å². The summed E-state index contributed by atoms with van der Waals surface area (Å²) in [5, 5.41) is 7.18. The van der Waals surface area contributed by atoms with Gasteiger partial charge in [0.2, 0.25) is 0 Å². The number of rotatable bonds is 8. The van der Waals surface area contributed by atoms with Gasteiger partial charge in [-0.25, -0.2) is 15.0 Å². The summed E-state index contributed by atoms with van der Waals surface area (Å²) in [6, 6.07) is 7.44. The number of carbonyl (C=O) groups excluding carboxylic acids is 1. The summed E-state index contributed by atoms with van der Waals surface area (Å²) in [7, 11) is 0. The summed E-state index contributed by atoms with van der Waals surface area (Å²) in [5.74, 6) is 1.12. The first-order valence-electron chi connectivity index (χ1n) is 10.9. The maximum Gasteiger partial charge on any atom is 0.267 e. The number of aromatic nitrogens is 3. The topological polar surface area (TPSA) is 92.3 Å². The lowest BCUT2D eigenvalue weighted by Crippen LogP contribution is -2.36. The first-order chi connectivity index (χ1) is 16.0. The van der Waals surface area contributed by atoms with Gasteiger partial charge in [0.15, 0.2) is 5.13 Å². The quantitative estimate of drug-likeness (QED) is 0.485. The number of nitrogens with one attached hydrogen (secondary N) is 2. The molecule has 10 heteroatoms. The highest BCUT2D eigenvalue weighted by Gasteiger charge is 2.15. The van der Waals surface area contributed by atoms with Gasteiger partial charge in [0.05, 0.1) is 30.1 Å². The molecule has 3 aromatic rings. The first kappa shape index (κ1) is 23.6. The first-order valence-corrected chi connectivity index (χ1v) is 12.1. The number of morpholine rings is 1. The molecule has 0 spiro atoms. The highest BCUT2D eigenvalue weighted by molar-refractivity contribution is 7.17. The zero-order valence-electron chi connectivity index (χ0n) is 18.7. The minimum Gasteiger partial charge on any atom is -0.379 e. The molecule has 0 atom stereocenters. The van der Waals surface area contributed by atoms with Crippen LogP contribution in [0.5, 0.6) is 0 Å². The molecule has 4 rings (SSSR count). The Hall–Kier alpha value is -2.59. The lowest BCUT2D eigenvalue weighted by atomic mass is 10.2. The van der Waals surface area contributed by atoms with E-state index in [-0.39, 0.29) is 5.91 Å². The van der Waals surface area contributed by atoms with Crippen LogP contribution >= 0.6 is 22.9 Å². The van der Waals surface area contributed by atoms with Crippen LogP contribution in [0.3, 0.4) is 0 Å². The maximum absolute atomic E-state index is 12.7. The summed E-state index contributed by atoms with van der Waals surface area (Å²) in [6.45, 7) is 8.42. The highest BCUT2D eigenvalue weighted by atomic mass is 35.5. The van der Waals surface area contributed by atoms with Crippen molar-refractivity contribution in [1.29, 1.82) is 0 Å². The number of anilines is 3. The molecule has 1 amide bonds. The lowest BCUT2D eigenvalue weighted by molar-refractivity contribution is 0.0374. The fraction of sp³-hybridized carbons (Fsp3) is 0.391. The van der Waals surface area contributed by atoms with Gasteiger partial charge >= 0.3 is 0 Å². The van der Waals surface area contributed by atoms with Crippen LogP contribution in [0.25, 0.3) is 0 Å². The van der Waals surface area contributed by atoms with Gasteiger partial charge in [0, 0.05) is 24.8 Å². The number of halogens is 1. The van der Waals surface area contributed by atoms with Gasteiger partial charge in [-0.05, 0) is 44.9 Å².